The Kier molecular flexibility index (Phi) is 6.34. The van der Waals surface area contributed by atoms with Gasteiger partial charge in [0.25, 0.3) is 0 Å². The van der Waals surface area contributed by atoms with Gasteiger partial charge < -0.3 is 15.3 Å². The Hall–Kier alpha value is -0.770. The highest BCUT2D eigenvalue weighted by Gasteiger charge is 2.38. The van der Waals surface area contributed by atoms with Crippen molar-refractivity contribution < 1.29 is 9.90 Å². The molecule has 2 aliphatic rings. The molecule has 4 heteroatoms. The number of nitrogens with zero attached hydrogens (tertiary/aromatic N) is 1. The number of aliphatic hydroxyl groups excluding tert-OH is 1. The molecule has 0 aromatic rings. The minimum Gasteiger partial charge on any atom is -0.396 e. The molecule has 0 bridgehead atoms. The van der Waals surface area contributed by atoms with E-state index in [4.69, 9.17) is 5.11 Å². The zero-order valence-electron chi connectivity index (χ0n) is 13.7. The van der Waals surface area contributed by atoms with E-state index in [0.717, 1.165) is 25.3 Å². The van der Waals surface area contributed by atoms with Gasteiger partial charge in [0.15, 0.2) is 0 Å². The van der Waals surface area contributed by atoms with Gasteiger partial charge in [-0.3, -0.25) is 0 Å². The molecule has 1 saturated carbocycles. The minimum absolute atomic E-state index is 0.121. The summed E-state index contributed by atoms with van der Waals surface area (Å²) in [7, 11) is 0. The number of carbonyl (C=O) groups excluding carboxylic acids is 1. The molecule has 122 valence electrons. The summed E-state index contributed by atoms with van der Waals surface area (Å²) in [6.07, 6.45) is 8.12. The number of hydrogen-bond donors (Lipinski definition) is 2. The van der Waals surface area contributed by atoms with E-state index in [-0.39, 0.29) is 12.6 Å². The first kappa shape index (κ1) is 16.6. The maximum Gasteiger partial charge on any atom is 0.317 e. The van der Waals surface area contributed by atoms with Gasteiger partial charge in [-0.05, 0) is 49.9 Å². The maximum absolute atomic E-state index is 12.4. The molecule has 1 heterocycles. The minimum atomic E-state index is 0.121. The third-order valence-electron chi connectivity index (χ3n) is 5.15. The molecular formula is C17H32N2O2. The summed E-state index contributed by atoms with van der Waals surface area (Å²) >= 11 is 0. The summed E-state index contributed by atoms with van der Waals surface area (Å²) in [6, 6.07) is 0.608. The second-order valence-corrected chi connectivity index (χ2v) is 7.29. The fourth-order valence-electron chi connectivity index (χ4n) is 4.14. The predicted octanol–water partition coefficient (Wildman–Crippen LogP) is 3.01. The van der Waals surface area contributed by atoms with Crippen molar-refractivity contribution in [1.82, 2.24) is 10.2 Å². The number of amides is 2. The summed E-state index contributed by atoms with van der Waals surface area (Å²) < 4.78 is 0. The van der Waals surface area contributed by atoms with Crippen LogP contribution in [0.4, 0.5) is 4.79 Å². The molecule has 0 unspecified atom stereocenters. The number of likely N-dealkylation sites (tertiary alicyclic amines) is 1. The molecule has 2 amide bonds. The number of fused-ring (bicyclic) bond motifs is 1. The van der Waals surface area contributed by atoms with Crippen LogP contribution in [0.2, 0.25) is 0 Å². The Morgan fingerprint density at radius 1 is 1.29 bits per heavy atom. The number of rotatable bonds is 6. The first-order chi connectivity index (χ1) is 10.1. The molecular weight excluding hydrogens is 264 g/mol. The lowest BCUT2D eigenvalue weighted by molar-refractivity contribution is 0.166. The highest BCUT2D eigenvalue weighted by atomic mass is 16.3. The van der Waals surface area contributed by atoms with Crippen LogP contribution in [-0.2, 0) is 0 Å². The third-order valence-corrected chi connectivity index (χ3v) is 5.15. The number of hydrogen-bond acceptors (Lipinski definition) is 2. The van der Waals surface area contributed by atoms with Gasteiger partial charge in [0, 0.05) is 25.7 Å². The lowest BCUT2D eigenvalue weighted by atomic mass is 9.85. The highest BCUT2D eigenvalue weighted by molar-refractivity contribution is 5.75. The Morgan fingerprint density at radius 3 is 2.76 bits per heavy atom. The molecule has 1 aliphatic carbocycles. The molecule has 1 saturated heterocycles. The van der Waals surface area contributed by atoms with Crippen LogP contribution >= 0.6 is 0 Å². The van der Waals surface area contributed by atoms with Crippen molar-refractivity contribution in [3.8, 4) is 0 Å². The fraction of sp³-hybridized carbons (Fsp3) is 0.941. The van der Waals surface area contributed by atoms with E-state index in [0.29, 0.717) is 24.4 Å². The average Bonchev–Trinajstić information content (AvgIpc) is 2.88. The van der Waals surface area contributed by atoms with Crippen LogP contribution in [0.15, 0.2) is 0 Å². The van der Waals surface area contributed by atoms with Gasteiger partial charge in [0.05, 0.1) is 0 Å². The SMILES string of the molecule is CC(C)C[C@H](CCO)CNC(=O)N1CC[C@@H]2CCCC[C@@H]21. The molecule has 4 nitrogen and oxygen atoms in total. The first-order valence-corrected chi connectivity index (χ1v) is 8.77. The first-order valence-electron chi connectivity index (χ1n) is 8.77. The Bertz CT molecular complexity index is 333. The van der Waals surface area contributed by atoms with Crippen molar-refractivity contribution in [3.05, 3.63) is 0 Å². The van der Waals surface area contributed by atoms with E-state index in [1.165, 1.54) is 32.1 Å². The molecule has 2 rings (SSSR count). The average molecular weight is 296 g/mol. The summed E-state index contributed by atoms with van der Waals surface area (Å²) in [5, 5.41) is 12.3. The highest BCUT2D eigenvalue weighted by Crippen LogP contribution is 2.36. The van der Waals surface area contributed by atoms with E-state index >= 15 is 0 Å². The molecule has 0 spiro atoms. The summed E-state index contributed by atoms with van der Waals surface area (Å²) in [6.45, 7) is 6.22. The Balaban J connectivity index is 1.80. The van der Waals surface area contributed by atoms with Crippen LogP contribution in [0.25, 0.3) is 0 Å². The maximum atomic E-state index is 12.4. The molecule has 3 atom stereocenters. The molecule has 1 aliphatic heterocycles. The van der Waals surface area contributed by atoms with E-state index in [1.54, 1.807) is 0 Å². The van der Waals surface area contributed by atoms with Crippen molar-refractivity contribution >= 4 is 6.03 Å². The second kappa shape index (κ2) is 8.02. The van der Waals surface area contributed by atoms with Crippen molar-refractivity contribution in [1.29, 1.82) is 0 Å². The molecule has 0 radical (unpaired) electrons. The van der Waals surface area contributed by atoms with Crippen molar-refractivity contribution in [2.75, 3.05) is 19.7 Å². The molecule has 21 heavy (non-hydrogen) atoms. The van der Waals surface area contributed by atoms with Gasteiger partial charge >= 0.3 is 6.03 Å². The van der Waals surface area contributed by atoms with Gasteiger partial charge in [0.1, 0.15) is 0 Å². The largest absolute Gasteiger partial charge is 0.396 e. The fourth-order valence-corrected chi connectivity index (χ4v) is 4.14. The van der Waals surface area contributed by atoms with Gasteiger partial charge in [-0.1, -0.05) is 26.7 Å². The standard InChI is InChI=1S/C17H32N2O2/c1-13(2)11-14(8-10-20)12-18-17(21)19-9-7-15-5-3-4-6-16(15)19/h13-16,20H,3-12H2,1-2H3,(H,18,21)/t14-,15-,16-/m0/s1. The van der Waals surface area contributed by atoms with Crippen LogP contribution in [0.3, 0.4) is 0 Å². The number of nitrogens with one attached hydrogen (secondary N) is 1. The van der Waals surface area contributed by atoms with E-state index in [1.807, 2.05) is 0 Å². The Labute approximate surface area is 129 Å². The van der Waals surface area contributed by atoms with Gasteiger partial charge in [0.2, 0.25) is 0 Å². The zero-order chi connectivity index (χ0) is 15.2. The van der Waals surface area contributed by atoms with Crippen LogP contribution < -0.4 is 5.32 Å². The molecule has 2 fully saturated rings. The predicted molar refractivity (Wildman–Crippen MR) is 85.1 cm³/mol. The van der Waals surface area contributed by atoms with Gasteiger partial charge in [-0.2, -0.15) is 0 Å². The third kappa shape index (κ3) is 4.60. The van der Waals surface area contributed by atoms with Crippen molar-refractivity contribution in [2.24, 2.45) is 17.8 Å². The van der Waals surface area contributed by atoms with E-state index in [2.05, 4.69) is 24.1 Å². The summed E-state index contributed by atoms with van der Waals surface area (Å²) in [4.78, 5) is 14.5. The smallest absolute Gasteiger partial charge is 0.317 e. The van der Waals surface area contributed by atoms with Crippen molar-refractivity contribution in [2.45, 2.75) is 64.8 Å². The van der Waals surface area contributed by atoms with Crippen LogP contribution in [0, 0.1) is 17.8 Å². The lowest BCUT2D eigenvalue weighted by Gasteiger charge is -2.32. The lowest BCUT2D eigenvalue weighted by Crippen LogP contribution is -2.46. The molecule has 0 aromatic heterocycles. The van der Waals surface area contributed by atoms with Crippen LogP contribution in [0.5, 0.6) is 0 Å². The second-order valence-electron chi connectivity index (χ2n) is 7.29. The van der Waals surface area contributed by atoms with Gasteiger partial charge in [-0.15, -0.1) is 0 Å². The topological polar surface area (TPSA) is 52.6 Å². The monoisotopic (exact) mass is 296 g/mol. The van der Waals surface area contributed by atoms with E-state index in [9.17, 15) is 4.79 Å². The van der Waals surface area contributed by atoms with Crippen LogP contribution in [-0.4, -0.2) is 41.8 Å². The van der Waals surface area contributed by atoms with E-state index < -0.39 is 0 Å². The van der Waals surface area contributed by atoms with Gasteiger partial charge in [-0.25, -0.2) is 4.79 Å². The summed E-state index contributed by atoms with van der Waals surface area (Å²) in [5.74, 6) is 1.74. The molecule has 0 aromatic carbocycles. The number of urea groups is 1. The quantitative estimate of drug-likeness (QED) is 0.791. The molecule has 2 N–H and O–H groups in total. The number of carbonyl (C=O) groups is 1. The van der Waals surface area contributed by atoms with Crippen LogP contribution in [0.1, 0.15) is 58.8 Å². The zero-order valence-corrected chi connectivity index (χ0v) is 13.7. The van der Waals surface area contributed by atoms with Crippen molar-refractivity contribution in [3.63, 3.8) is 0 Å². The number of aliphatic hydroxyl groups is 1. The Morgan fingerprint density at radius 2 is 2.05 bits per heavy atom. The normalized spacial score (nSPS) is 26.8. The summed E-state index contributed by atoms with van der Waals surface area (Å²) in [5.41, 5.74) is 0.